The lowest BCUT2D eigenvalue weighted by molar-refractivity contribution is 0.0691. The van der Waals surface area contributed by atoms with Crippen LogP contribution in [0.5, 0.6) is 0 Å². The summed E-state index contributed by atoms with van der Waals surface area (Å²) < 4.78 is 0.769. The number of nitrogens with zero attached hydrogens (tertiary/aromatic N) is 1. The van der Waals surface area contributed by atoms with Crippen molar-refractivity contribution in [2.24, 2.45) is 5.92 Å². The van der Waals surface area contributed by atoms with E-state index in [0.29, 0.717) is 16.5 Å². The molecule has 1 aliphatic rings. The molecule has 1 fully saturated rings. The molecule has 0 aliphatic carbocycles. The van der Waals surface area contributed by atoms with Gasteiger partial charge in [0.15, 0.2) is 0 Å². The summed E-state index contributed by atoms with van der Waals surface area (Å²) in [7, 11) is 1.97. The number of carbonyl (C=O) groups excluding carboxylic acids is 1. The van der Waals surface area contributed by atoms with E-state index in [1.165, 1.54) is 0 Å². The lowest BCUT2D eigenvalue weighted by Crippen LogP contribution is -2.40. The Morgan fingerprint density at radius 3 is 2.74 bits per heavy atom. The second-order valence-electron chi connectivity index (χ2n) is 4.92. The zero-order valence-corrected chi connectivity index (χ0v) is 13.3. The van der Waals surface area contributed by atoms with Crippen molar-refractivity contribution in [3.8, 4) is 0 Å². The molecule has 1 saturated heterocycles. The van der Waals surface area contributed by atoms with Crippen molar-refractivity contribution in [3.63, 3.8) is 0 Å². The van der Waals surface area contributed by atoms with E-state index >= 15 is 0 Å². The maximum Gasteiger partial charge on any atom is 0.253 e. The zero-order valence-electron chi connectivity index (χ0n) is 11.0. The van der Waals surface area contributed by atoms with Crippen LogP contribution in [-0.2, 0) is 0 Å². The Labute approximate surface area is 127 Å². The molecular formula is C14H18BrClN2O. The smallest absolute Gasteiger partial charge is 0.253 e. The third-order valence-corrected chi connectivity index (χ3v) is 4.78. The summed E-state index contributed by atoms with van der Waals surface area (Å²) in [5.41, 5.74) is 0.698. The molecule has 1 amide bonds. The molecule has 0 aromatic heterocycles. The standard InChI is InChI=1S/C14H18BrClN2O/c1-17-9-10-4-6-18(7-5-10)14(19)11-2-3-13(16)12(15)8-11/h2-3,8,10,17H,4-7,9H2,1H3. The van der Waals surface area contributed by atoms with Crippen molar-refractivity contribution in [2.75, 3.05) is 26.7 Å². The van der Waals surface area contributed by atoms with Gasteiger partial charge in [-0.05, 0) is 66.5 Å². The monoisotopic (exact) mass is 344 g/mol. The van der Waals surface area contributed by atoms with Crippen molar-refractivity contribution >= 4 is 33.4 Å². The second-order valence-corrected chi connectivity index (χ2v) is 6.18. The van der Waals surface area contributed by atoms with Gasteiger partial charge >= 0.3 is 0 Å². The number of rotatable bonds is 3. The fourth-order valence-corrected chi connectivity index (χ4v) is 2.94. The van der Waals surface area contributed by atoms with Crippen molar-refractivity contribution < 1.29 is 4.79 Å². The quantitative estimate of drug-likeness (QED) is 0.912. The third kappa shape index (κ3) is 3.71. The normalized spacial score (nSPS) is 16.7. The minimum absolute atomic E-state index is 0.0975. The van der Waals surface area contributed by atoms with Gasteiger partial charge in [-0.1, -0.05) is 11.6 Å². The molecule has 1 N–H and O–H groups in total. The molecule has 2 rings (SSSR count). The summed E-state index contributed by atoms with van der Waals surface area (Å²) in [6.45, 7) is 2.71. The maximum absolute atomic E-state index is 12.4. The Bertz CT molecular complexity index is 459. The molecule has 0 saturated carbocycles. The minimum atomic E-state index is 0.0975. The van der Waals surface area contributed by atoms with Crippen LogP contribution < -0.4 is 5.32 Å². The highest BCUT2D eigenvalue weighted by Gasteiger charge is 2.23. The van der Waals surface area contributed by atoms with E-state index in [1.54, 1.807) is 18.2 Å². The molecule has 0 atom stereocenters. The Balaban J connectivity index is 1.99. The number of hydrogen-bond acceptors (Lipinski definition) is 2. The summed E-state index contributed by atoms with van der Waals surface area (Å²) in [5, 5.41) is 3.83. The molecule has 1 aromatic carbocycles. The van der Waals surface area contributed by atoms with Crippen LogP contribution in [0.2, 0.25) is 5.02 Å². The van der Waals surface area contributed by atoms with E-state index in [1.807, 2.05) is 11.9 Å². The molecule has 0 spiro atoms. The molecular weight excluding hydrogens is 328 g/mol. The van der Waals surface area contributed by atoms with Crippen LogP contribution in [0.1, 0.15) is 23.2 Å². The Morgan fingerprint density at radius 1 is 1.47 bits per heavy atom. The van der Waals surface area contributed by atoms with Gasteiger partial charge in [-0.15, -0.1) is 0 Å². The van der Waals surface area contributed by atoms with E-state index in [4.69, 9.17) is 11.6 Å². The van der Waals surface area contributed by atoms with Gasteiger partial charge in [-0.3, -0.25) is 4.79 Å². The van der Waals surface area contributed by atoms with Gasteiger partial charge in [0.05, 0.1) is 5.02 Å². The molecule has 0 bridgehead atoms. The van der Waals surface area contributed by atoms with Gasteiger partial charge in [-0.2, -0.15) is 0 Å². The van der Waals surface area contributed by atoms with Gasteiger partial charge in [0.1, 0.15) is 0 Å². The maximum atomic E-state index is 12.4. The topological polar surface area (TPSA) is 32.3 Å². The summed E-state index contributed by atoms with van der Waals surface area (Å²) in [5.74, 6) is 0.784. The minimum Gasteiger partial charge on any atom is -0.339 e. The fraction of sp³-hybridized carbons (Fsp3) is 0.500. The SMILES string of the molecule is CNCC1CCN(C(=O)c2ccc(Cl)c(Br)c2)CC1. The van der Waals surface area contributed by atoms with E-state index in [9.17, 15) is 4.79 Å². The van der Waals surface area contributed by atoms with E-state index in [-0.39, 0.29) is 5.91 Å². The predicted octanol–water partition coefficient (Wildman–Crippen LogP) is 3.17. The van der Waals surface area contributed by atoms with Crippen LogP contribution in [0.25, 0.3) is 0 Å². The first-order chi connectivity index (χ1) is 9.11. The lowest BCUT2D eigenvalue weighted by atomic mass is 9.96. The van der Waals surface area contributed by atoms with E-state index in [2.05, 4.69) is 21.2 Å². The average Bonchev–Trinajstić information content (AvgIpc) is 2.42. The van der Waals surface area contributed by atoms with Crippen LogP contribution in [0.3, 0.4) is 0 Å². The number of carbonyl (C=O) groups is 1. The van der Waals surface area contributed by atoms with Crippen LogP contribution in [0, 0.1) is 5.92 Å². The van der Waals surface area contributed by atoms with E-state index < -0.39 is 0 Å². The molecule has 1 heterocycles. The van der Waals surface area contributed by atoms with Crippen LogP contribution >= 0.6 is 27.5 Å². The fourth-order valence-electron chi connectivity index (χ4n) is 2.44. The highest BCUT2D eigenvalue weighted by Crippen LogP contribution is 2.25. The van der Waals surface area contributed by atoms with Crippen molar-refractivity contribution in [1.82, 2.24) is 10.2 Å². The molecule has 3 nitrogen and oxygen atoms in total. The van der Waals surface area contributed by atoms with Gasteiger partial charge in [-0.25, -0.2) is 0 Å². The third-order valence-electron chi connectivity index (χ3n) is 3.56. The first-order valence-corrected chi connectivity index (χ1v) is 7.68. The first-order valence-electron chi connectivity index (χ1n) is 6.50. The van der Waals surface area contributed by atoms with Crippen molar-refractivity contribution in [1.29, 1.82) is 0 Å². The number of amides is 1. The van der Waals surface area contributed by atoms with Gasteiger partial charge in [0, 0.05) is 23.1 Å². The number of hydrogen-bond donors (Lipinski definition) is 1. The Kier molecular flexibility index (Phi) is 5.25. The molecule has 1 aliphatic heterocycles. The van der Waals surface area contributed by atoms with Crippen molar-refractivity contribution in [3.05, 3.63) is 33.3 Å². The van der Waals surface area contributed by atoms with Gasteiger partial charge in [0.25, 0.3) is 5.91 Å². The number of halogens is 2. The largest absolute Gasteiger partial charge is 0.339 e. The van der Waals surface area contributed by atoms with Crippen molar-refractivity contribution in [2.45, 2.75) is 12.8 Å². The molecule has 0 radical (unpaired) electrons. The molecule has 0 unspecified atom stereocenters. The molecule has 19 heavy (non-hydrogen) atoms. The zero-order chi connectivity index (χ0) is 13.8. The molecule has 1 aromatic rings. The highest BCUT2D eigenvalue weighted by molar-refractivity contribution is 9.10. The number of likely N-dealkylation sites (tertiary alicyclic amines) is 1. The molecule has 104 valence electrons. The van der Waals surface area contributed by atoms with Gasteiger partial charge in [0.2, 0.25) is 0 Å². The Morgan fingerprint density at radius 2 is 2.16 bits per heavy atom. The second kappa shape index (κ2) is 6.73. The first kappa shape index (κ1) is 14.8. The summed E-state index contributed by atoms with van der Waals surface area (Å²) >= 11 is 9.30. The summed E-state index contributed by atoms with van der Waals surface area (Å²) in [6.07, 6.45) is 2.14. The van der Waals surface area contributed by atoms with Crippen LogP contribution in [-0.4, -0.2) is 37.5 Å². The number of nitrogens with one attached hydrogen (secondary N) is 1. The lowest BCUT2D eigenvalue weighted by Gasteiger charge is -2.32. The van der Waals surface area contributed by atoms with Crippen LogP contribution in [0.15, 0.2) is 22.7 Å². The predicted molar refractivity (Wildman–Crippen MR) is 81.7 cm³/mol. The van der Waals surface area contributed by atoms with Crippen LogP contribution in [0.4, 0.5) is 0 Å². The highest BCUT2D eigenvalue weighted by atomic mass is 79.9. The Hall–Kier alpha value is -0.580. The van der Waals surface area contributed by atoms with Gasteiger partial charge < -0.3 is 10.2 Å². The molecule has 5 heteroatoms. The van der Waals surface area contributed by atoms with E-state index in [0.717, 1.165) is 36.9 Å². The summed E-state index contributed by atoms with van der Waals surface area (Å²) in [6, 6.07) is 5.34. The average molecular weight is 346 g/mol. The number of piperidine rings is 1. The summed E-state index contributed by atoms with van der Waals surface area (Å²) in [4.78, 5) is 14.3. The number of benzene rings is 1.